The van der Waals surface area contributed by atoms with Crippen molar-refractivity contribution in [1.82, 2.24) is 14.5 Å². The SMILES string of the molecule is COc1ccc([N+](=O)[O-])c(-n2cnc(C)c2)n1. The summed E-state index contributed by atoms with van der Waals surface area (Å²) in [5, 5.41) is 10.9. The number of imidazole rings is 1. The molecule has 2 heterocycles. The molecule has 0 atom stereocenters. The summed E-state index contributed by atoms with van der Waals surface area (Å²) >= 11 is 0. The van der Waals surface area contributed by atoms with Crippen molar-refractivity contribution in [1.29, 1.82) is 0 Å². The van der Waals surface area contributed by atoms with Crippen molar-refractivity contribution in [2.75, 3.05) is 7.11 Å². The zero-order valence-electron chi connectivity index (χ0n) is 9.32. The number of ether oxygens (including phenoxy) is 1. The Kier molecular flexibility index (Phi) is 2.73. The molecule has 7 heteroatoms. The molecule has 0 N–H and O–H groups in total. The largest absolute Gasteiger partial charge is 0.481 e. The zero-order chi connectivity index (χ0) is 12.4. The van der Waals surface area contributed by atoms with Crippen molar-refractivity contribution in [3.63, 3.8) is 0 Å². The van der Waals surface area contributed by atoms with Crippen molar-refractivity contribution >= 4 is 5.69 Å². The number of rotatable bonds is 3. The van der Waals surface area contributed by atoms with Crippen LogP contribution in [0.3, 0.4) is 0 Å². The molecule has 0 spiro atoms. The maximum absolute atomic E-state index is 10.9. The van der Waals surface area contributed by atoms with Crippen LogP contribution in [0, 0.1) is 17.0 Å². The summed E-state index contributed by atoms with van der Waals surface area (Å²) in [6.45, 7) is 1.79. The molecule has 0 radical (unpaired) electrons. The van der Waals surface area contributed by atoms with Gasteiger partial charge in [-0.2, -0.15) is 4.98 Å². The number of nitro groups is 1. The summed E-state index contributed by atoms with van der Waals surface area (Å²) in [5.74, 6) is 0.506. The van der Waals surface area contributed by atoms with Gasteiger partial charge in [0.25, 0.3) is 0 Å². The van der Waals surface area contributed by atoms with Crippen molar-refractivity contribution < 1.29 is 9.66 Å². The number of nitrogens with zero attached hydrogens (tertiary/aromatic N) is 4. The van der Waals surface area contributed by atoms with Crippen LogP contribution in [0.2, 0.25) is 0 Å². The highest BCUT2D eigenvalue weighted by Crippen LogP contribution is 2.23. The normalized spacial score (nSPS) is 10.2. The van der Waals surface area contributed by atoms with E-state index in [1.807, 2.05) is 0 Å². The maximum Gasteiger partial charge on any atom is 0.312 e. The van der Waals surface area contributed by atoms with E-state index in [-0.39, 0.29) is 11.5 Å². The van der Waals surface area contributed by atoms with Crippen LogP contribution in [-0.2, 0) is 0 Å². The number of aromatic nitrogens is 3. The van der Waals surface area contributed by atoms with E-state index in [0.29, 0.717) is 5.88 Å². The first kappa shape index (κ1) is 11.1. The number of hydrogen-bond acceptors (Lipinski definition) is 5. The molecular weight excluding hydrogens is 224 g/mol. The predicted octanol–water partition coefficient (Wildman–Crippen LogP) is 1.49. The summed E-state index contributed by atoms with van der Waals surface area (Å²) in [7, 11) is 1.46. The molecule has 88 valence electrons. The smallest absolute Gasteiger partial charge is 0.312 e. The highest BCUT2D eigenvalue weighted by molar-refractivity contribution is 5.48. The summed E-state index contributed by atoms with van der Waals surface area (Å²) in [5.41, 5.74) is 0.659. The lowest BCUT2D eigenvalue weighted by molar-refractivity contribution is -0.384. The van der Waals surface area contributed by atoms with E-state index in [4.69, 9.17) is 4.74 Å². The number of aryl methyl sites for hydroxylation is 1. The molecule has 0 aliphatic heterocycles. The zero-order valence-corrected chi connectivity index (χ0v) is 9.32. The molecule has 0 aliphatic rings. The van der Waals surface area contributed by atoms with Crippen LogP contribution in [0.25, 0.3) is 5.82 Å². The second-order valence-electron chi connectivity index (χ2n) is 3.38. The van der Waals surface area contributed by atoms with Gasteiger partial charge in [0, 0.05) is 18.3 Å². The molecule has 7 nitrogen and oxygen atoms in total. The molecule has 0 bridgehead atoms. The van der Waals surface area contributed by atoms with Crippen LogP contribution in [0.1, 0.15) is 5.69 Å². The first-order valence-corrected chi connectivity index (χ1v) is 4.82. The lowest BCUT2D eigenvalue weighted by Crippen LogP contribution is -2.02. The molecule has 0 saturated carbocycles. The summed E-state index contributed by atoms with van der Waals surface area (Å²) < 4.78 is 6.45. The van der Waals surface area contributed by atoms with E-state index in [0.717, 1.165) is 5.69 Å². The molecule has 2 rings (SSSR count). The molecular formula is C10H10N4O3. The van der Waals surface area contributed by atoms with Gasteiger partial charge in [-0.1, -0.05) is 0 Å². The average molecular weight is 234 g/mol. The minimum Gasteiger partial charge on any atom is -0.481 e. The van der Waals surface area contributed by atoms with E-state index in [9.17, 15) is 10.1 Å². The second kappa shape index (κ2) is 4.20. The van der Waals surface area contributed by atoms with Gasteiger partial charge in [-0.25, -0.2) is 4.98 Å². The molecule has 0 saturated heterocycles. The molecule has 0 fully saturated rings. The van der Waals surface area contributed by atoms with Crippen molar-refractivity contribution in [2.45, 2.75) is 6.92 Å². The molecule has 0 amide bonds. The average Bonchev–Trinajstić information content (AvgIpc) is 2.75. The van der Waals surface area contributed by atoms with E-state index >= 15 is 0 Å². The van der Waals surface area contributed by atoms with Crippen LogP contribution in [0.15, 0.2) is 24.7 Å². The third-order valence-corrected chi connectivity index (χ3v) is 2.19. The first-order valence-electron chi connectivity index (χ1n) is 4.82. The van der Waals surface area contributed by atoms with Crippen LogP contribution >= 0.6 is 0 Å². The first-order chi connectivity index (χ1) is 8.11. The fourth-order valence-corrected chi connectivity index (χ4v) is 1.41. The van der Waals surface area contributed by atoms with Gasteiger partial charge in [0.05, 0.1) is 17.7 Å². The van der Waals surface area contributed by atoms with Crippen LogP contribution in [0.4, 0.5) is 5.69 Å². The Labute approximate surface area is 96.8 Å². The van der Waals surface area contributed by atoms with Crippen LogP contribution < -0.4 is 4.74 Å². The lowest BCUT2D eigenvalue weighted by atomic mass is 10.4. The summed E-state index contributed by atoms with van der Waals surface area (Å²) in [4.78, 5) is 18.5. The monoisotopic (exact) mass is 234 g/mol. The Hall–Kier alpha value is -2.44. The minimum absolute atomic E-state index is 0.0943. The van der Waals surface area contributed by atoms with E-state index in [2.05, 4.69) is 9.97 Å². The Morgan fingerprint density at radius 2 is 2.24 bits per heavy atom. The standard InChI is InChI=1S/C10H10N4O3/c1-7-5-13(6-11-7)10-8(14(15)16)3-4-9(12-10)17-2/h3-6H,1-2H3. The third-order valence-electron chi connectivity index (χ3n) is 2.19. The third kappa shape index (κ3) is 2.07. The van der Waals surface area contributed by atoms with Gasteiger partial charge in [-0.05, 0) is 6.92 Å². The van der Waals surface area contributed by atoms with Crippen LogP contribution in [-0.4, -0.2) is 26.6 Å². The molecule has 0 aliphatic carbocycles. The van der Waals surface area contributed by atoms with Crippen molar-refractivity contribution in [2.24, 2.45) is 0 Å². The van der Waals surface area contributed by atoms with E-state index in [1.54, 1.807) is 13.1 Å². The van der Waals surface area contributed by atoms with Gasteiger partial charge < -0.3 is 4.74 Å². The molecule has 2 aromatic rings. The van der Waals surface area contributed by atoms with Crippen LogP contribution in [0.5, 0.6) is 5.88 Å². The van der Waals surface area contributed by atoms with Crippen molar-refractivity contribution in [3.05, 3.63) is 40.5 Å². The van der Waals surface area contributed by atoms with Gasteiger partial charge in [0.1, 0.15) is 6.33 Å². The Morgan fingerprint density at radius 3 is 2.76 bits per heavy atom. The Balaban J connectivity index is 2.60. The Bertz CT molecular complexity index is 564. The maximum atomic E-state index is 10.9. The molecule has 0 aromatic carbocycles. The fourth-order valence-electron chi connectivity index (χ4n) is 1.41. The second-order valence-corrected chi connectivity index (χ2v) is 3.38. The van der Waals surface area contributed by atoms with Gasteiger partial charge in [0.2, 0.25) is 11.7 Å². The summed E-state index contributed by atoms with van der Waals surface area (Å²) in [6.07, 6.45) is 3.14. The topological polar surface area (TPSA) is 83.1 Å². The number of pyridine rings is 1. The number of hydrogen-bond donors (Lipinski definition) is 0. The van der Waals surface area contributed by atoms with Gasteiger partial charge in [-0.15, -0.1) is 0 Å². The minimum atomic E-state index is -0.489. The lowest BCUT2D eigenvalue weighted by Gasteiger charge is -2.04. The Morgan fingerprint density at radius 1 is 1.47 bits per heavy atom. The van der Waals surface area contributed by atoms with E-state index < -0.39 is 4.92 Å². The quantitative estimate of drug-likeness (QED) is 0.593. The van der Waals surface area contributed by atoms with Crippen molar-refractivity contribution in [3.8, 4) is 11.7 Å². The highest BCUT2D eigenvalue weighted by Gasteiger charge is 2.18. The molecule has 2 aromatic heterocycles. The summed E-state index contributed by atoms with van der Waals surface area (Å²) in [6, 6.07) is 2.81. The fraction of sp³-hybridized carbons (Fsp3) is 0.200. The number of methoxy groups -OCH3 is 1. The van der Waals surface area contributed by atoms with Gasteiger partial charge in [-0.3, -0.25) is 14.7 Å². The van der Waals surface area contributed by atoms with E-state index in [1.165, 1.54) is 30.1 Å². The molecule has 17 heavy (non-hydrogen) atoms. The highest BCUT2D eigenvalue weighted by atomic mass is 16.6. The van der Waals surface area contributed by atoms with Gasteiger partial charge >= 0.3 is 5.69 Å². The van der Waals surface area contributed by atoms with Gasteiger partial charge in [0.15, 0.2) is 0 Å². The predicted molar refractivity (Wildman–Crippen MR) is 59.3 cm³/mol. The molecule has 0 unspecified atom stereocenters.